The zero-order chi connectivity index (χ0) is 17.4. The van der Waals surface area contributed by atoms with E-state index in [0.29, 0.717) is 23.7 Å². The number of piperazine rings is 1. The second-order valence-electron chi connectivity index (χ2n) is 6.15. The average Bonchev–Trinajstić information content (AvgIpc) is 2.99. The van der Waals surface area contributed by atoms with Gasteiger partial charge in [-0.1, -0.05) is 29.8 Å². The standard InChI is InChI=1S/C19H17ClN2O2S/c20-13-5-7-14(8-6-13)21-9-11-22(12-10-21)19(24)18-17(23)15-3-1-2-4-16(15)25-18/h1-8,18H,9-12H2/t18-/m1/s1. The number of benzene rings is 2. The molecule has 1 atom stereocenters. The molecule has 2 aliphatic rings. The Hall–Kier alpha value is -1.98. The van der Waals surface area contributed by atoms with Crippen LogP contribution in [0.4, 0.5) is 5.69 Å². The lowest BCUT2D eigenvalue weighted by Crippen LogP contribution is -2.51. The summed E-state index contributed by atoms with van der Waals surface area (Å²) in [5, 5.41) is 0.0911. The van der Waals surface area contributed by atoms with Crippen LogP contribution in [0.2, 0.25) is 5.02 Å². The molecule has 0 saturated carbocycles. The van der Waals surface area contributed by atoms with Crippen LogP contribution in [0.15, 0.2) is 53.4 Å². The van der Waals surface area contributed by atoms with Crippen molar-refractivity contribution >= 4 is 40.7 Å². The highest BCUT2D eigenvalue weighted by atomic mass is 35.5. The van der Waals surface area contributed by atoms with Gasteiger partial charge in [-0.25, -0.2) is 0 Å². The van der Waals surface area contributed by atoms with Crippen molar-refractivity contribution in [3.05, 3.63) is 59.1 Å². The van der Waals surface area contributed by atoms with Crippen LogP contribution in [0.5, 0.6) is 0 Å². The van der Waals surface area contributed by atoms with Crippen molar-refractivity contribution in [3.63, 3.8) is 0 Å². The van der Waals surface area contributed by atoms with E-state index in [1.165, 1.54) is 11.8 Å². The summed E-state index contributed by atoms with van der Waals surface area (Å²) in [6, 6.07) is 15.2. The molecule has 6 heteroatoms. The lowest BCUT2D eigenvalue weighted by Gasteiger charge is -2.36. The van der Waals surface area contributed by atoms with Gasteiger partial charge in [-0.2, -0.15) is 0 Å². The Morgan fingerprint density at radius 1 is 1.00 bits per heavy atom. The quantitative estimate of drug-likeness (QED) is 0.758. The maximum absolute atomic E-state index is 12.8. The van der Waals surface area contributed by atoms with Gasteiger partial charge in [-0.05, 0) is 30.3 Å². The molecule has 128 valence electrons. The van der Waals surface area contributed by atoms with Crippen LogP contribution in [0, 0.1) is 0 Å². The van der Waals surface area contributed by atoms with Crippen LogP contribution in [-0.4, -0.2) is 48.0 Å². The van der Waals surface area contributed by atoms with Gasteiger partial charge in [0.25, 0.3) is 0 Å². The third-order valence-corrected chi connectivity index (χ3v) is 6.16. The van der Waals surface area contributed by atoms with E-state index in [-0.39, 0.29) is 11.7 Å². The van der Waals surface area contributed by atoms with Crippen molar-refractivity contribution in [1.82, 2.24) is 4.90 Å². The first-order chi connectivity index (χ1) is 12.1. The van der Waals surface area contributed by atoms with Gasteiger partial charge in [-0.3, -0.25) is 9.59 Å². The molecule has 2 aliphatic heterocycles. The molecule has 1 amide bonds. The summed E-state index contributed by atoms with van der Waals surface area (Å²) >= 11 is 7.31. The molecule has 25 heavy (non-hydrogen) atoms. The van der Waals surface area contributed by atoms with Crippen LogP contribution < -0.4 is 4.90 Å². The summed E-state index contributed by atoms with van der Waals surface area (Å²) in [5.41, 5.74) is 1.78. The first-order valence-electron chi connectivity index (χ1n) is 8.23. The largest absolute Gasteiger partial charge is 0.368 e. The Morgan fingerprint density at radius 3 is 2.36 bits per heavy atom. The Labute approximate surface area is 155 Å². The monoisotopic (exact) mass is 372 g/mol. The second-order valence-corrected chi connectivity index (χ2v) is 7.73. The average molecular weight is 373 g/mol. The summed E-state index contributed by atoms with van der Waals surface area (Å²) < 4.78 is 0. The highest BCUT2D eigenvalue weighted by molar-refractivity contribution is 8.02. The summed E-state index contributed by atoms with van der Waals surface area (Å²) in [4.78, 5) is 30.3. The number of halogens is 1. The topological polar surface area (TPSA) is 40.6 Å². The number of anilines is 1. The van der Waals surface area contributed by atoms with Crippen molar-refractivity contribution in [2.24, 2.45) is 0 Å². The van der Waals surface area contributed by atoms with E-state index in [9.17, 15) is 9.59 Å². The number of hydrogen-bond donors (Lipinski definition) is 0. The van der Waals surface area contributed by atoms with Gasteiger partial charge in [0, 0.05) is 47.3 Å². The Balaban J connectivity index is 1.41. The highest BCUT2D eigenvalue weighted by Crippen LogP contribution is 2.37. The Bertz CT molecular complexity index is 816. The summed E-state index contributed by atoms with van der Waals surface area (Å²) in [7, 11) is 0. The minimum absolute atomic E-state index is 0.0641. The fourth-order valence-corrected chi connectivity index (χ4v) is 4.58. The number of rotatable bonds is 2. The molecule has 0 aromatic heterocycles. The van der Waals surface area contributed by atoms with Crippen molar-refractivity contribution in [2.45, 2.75) is 10.1 Å². The first kappa shape index (κ1) is 16.5. The molecule has 2 aromatic carbocycles. The van der Waals surface area contributed by atoms with Gasteiger partial charge in [0.05, 0.1) is 0 Å². The zero-order valence-electron chi connectivity index (χ0n) is 13.5. The molecule has 0 spiro atoms. The Kier molecular flexibility index (Phi) is 4.44. The number of nitrogens with zero attached hydrogens (tertiary/aromatic N) is 2. The molecule has 0 N–H and O–H groups in total. The molecule has 0 unspecified atom stereocenters. The van der Waals surface area contributed by atoms with Crippen molar-refractivity contribution in [1.29, 1.82) is 0 Å². The van der Waals surface area contributed by atoms with E-state index >= 15 is 0 Å². The van der Waals surface area contributed by atoms with Gasteiger partial charge in [0.2, 0.25) is 5.91 Å². The number of thioether (sulfide) groups is 1. The van der Waals surface area contributed by atoms with Gasteiger partial charge < -0.3 is 9.80 Å². The first-order valence-corrected chi connectivity index (χ1v) is 9.48. The van der Waals surface area contributed by atoms with Gasteiger partial charge >= 0.3 is 0 Å². The summed E-state index contributed by atoms with van der Waals surface area (Å²) in [5.74, 6) is -0.132. The predicted molar refractivity (Wildman–Crippen MR) is 101 cm³/mol. The number of hydrogen-bond acceptors (Lipinski definition) is 4. The SMILES string of the molecule is O=C1c2ccccc2S[C@H]1C(=O)N1CCN(c2ccc(Cl)cc2)CC1. The summed E-state index contributed by atoms with van der Waals surface area (Å²) in [6.45, 7) is 2.77. The number of carbonyl (C=O) groups excluding carboxylic acids is 2. The van der Waals surface area contributed by atoms with Crippen molar-refractivity contribution in [3.8, 4) is 0 Å². The third kappa shape index (κ3) is 3.14. The van der Waals surface area contributed by atoms with Gasteiger partial charge in [0.1, 0.15) is 0 Å². The van der Waals surface area contributed by atoms with E-state index in [4.69, 9.17) is 11.6 Å². The van der Waals surface area contributed by atoms with Gasteiger partial charge in [-0.15, -0.1) is 11.8 Å². The molecule has 2 heterocycles. The maximum atomic E-state index is 12.8. The van der Waals surface area contributed by atoms with Crippen molar-refractivity contribution < 1.29 is 9.59 Å². The number of carbonyl (C=O) groups is 2. The van der Waals surface area contributed by atoms with Crippen LogP contribution >= 0.6 is 23.4 Å². The number of fused-ring (bicyclic) bond motifs is 1. The highest BCUT2D eigenvalue weighted by Gasteiger charge is 2.39. The van der Waals surface area contributed by atoms with E-state index in [1.807, 2.05) is 47.4 Å². The second kappa shape index (κ2) is 6.73. The minimum Gasteiger partial charge on any atom is -0.368 e. The molecule has 0 bridgehead atoms. The lowest BCUT2D eigenvalue weighted by atomic mass is 10.1. The molecule has 4 nitrogen and oxygen atoms in total. The van der Waals surface area contributed by atoms with Gasteiger partial charge in [0.15, 0.2) is 11.0 Å². The van der Waals surface area contributed by atoms with Crippen molar-refractivity contribution in [2.75, 3.05) is 31.1 Å². The molecule has 0 radical (unpaired) electrons. The summed E-state index contributed by atoms with van der Waals surface area (Å²) in [6.07, 6.45) is 0. The lowest BCUT2D eigenvalue weighted by molar-refractivity contribution is -0.130. The molecular weight excluding hydrogens is 356 g/mol. The van der Waals surface area contributed by atoms with E-state index in [0.717, 1.165) is 23.7 Å². The zero-order valence-corrected chi connectivity index (χ0v) is 15.1. The minimum atomic E-state index is -0.625. The molecule has 2 aromatic rings. The van der Waals surface area contributed by atoms with Crippen LogP contribution in [0.25, 0.3) is 0 Å². The number of amides is 1. The molecule has 1 saturated heterocycles. The van der Waals surface area contributed by atoms with E-state index in [2.05, 4.69) is 4.90 Å². The Morgan fingerprint density at radius 2 is 1.68 bits per heavy atom. The normalized spacial score (nSPS) is 19.9. The van der Waals surface area contributed by atoms with Crippen LogP contribution in [-0.2, 0) is 4.79 Å². The van der Waals surface area contributed by atoms with Crippen LogP contribution in [0.1, 0.15) is 10.4 Å². The molecule has 4 rings (SSSR count). The molecule has 1 fully saturated rings. The van der Waals surface area contributed by atoms with E-state index in [1.54, 1.807) is 6.07 Å². The number of Topliss-reactive ketones (excluding diaryl/α,β-unsaturated/α-hetero) is 1. The predicted octanol–water partition coefficient (Wildman–Crippen LogP) is 3.35. The molecular formula is C19H17ClN2O2S. The van der Waals surface area contributed by atoms with E-state index < -0.39 is 5.25 Å². The fourth-order valence-electron chi connectivity index (χ4n) is 3.26. The van der Waals surface area contributed by atoms with Crippen LogP contribution in [0.3, 0.4) is 0 Å². The smallest absolute Gasteiger partial charge is 0.244 e. The molecule has 0 aliphatic carbocycles. The fraction of sp³-hybridized carbons (Fsp3) is 0.263. The maximum Gasteiger partial charge on any atom is 0.244 e. The number of ketones is 1. The third-order valence-electron chi connectivity index (χ3n) is 4.64.